The van der Waals surface area contributed by atoms with E-state index in [2.05, 4.69) is 6.92 Å². The van der Waals surface area contributed by atoms with Crippen molar-refractivity contribution in [3.05, 3.63) is 29.3 Å². The molecule has 0 amide bonds. The number of aryl methyl sites for hydroxylation is 1. The first kappa shape index (κ1) is 11.1. The smallest absolute Gasteiger partial charge is 0.118 e. The van der Waals surface area contributed by atoms with Crippen LogP contribution < -0.4 is 5.73 Å². The van der Waals surface area contributed by atoms with Crippen LogP contribution >= 0.6 is 0 Å². The zero-order chi connectivity index (χ0) is 10.6. The Labute approximate surface area is 85.8 Å². The van der Waals surface area contributed by atoms with Crippen LogP contribution in [0.4, 0.5) is 0 Å². The van der Waals surface area contributed by atoms with Crippen molar-refractivity contribution in [2.24, 2.45) is 5.73 Å². The zero-order valence-electron chi connectivity index (χ0n) is 8.96. The molecule has 2 heteroatoms. The Morgan fingerprint density at radius 2 is 2.14 bits per heavy atom. The van der Waals surface area contributed by atoms with Crippen LogP contribution in [0.3, 0.4) is 0 Å². The summed E-state index contributed by atoms with van der Waals surface area (Å²) in [4.78, 5) is 0. The number of phenolic OH excluding ortho intramolecular Hbond substituents is 1. The Morgan fingerprint density at radius 3 is 2.71 bits per heavy atom. The Morgan fingerprint density at radius 1 is 1.43 bits per heavy atom. The van der Waals surface area contributed by atoms with Crippen molar-refractivity contribution in [2.75, 3.05) is 0 Å². The van der Waals surface area contributed by atoms with Crippen LogP contribution in [0, 0.1) is 6.92 Å². The van der Waals surface area contributed by atoms with Crippen LogP contribution in [0.5, 0.6) is 5.75 Å². The van der Waals surface area contributed by atoms with E-state index in [4.69, 9.17) is 5.73 Å². The molecule has 0 radical (unpaired) electrons. The van der Waals surface area contributed by atoms with E-state index in [1.54, 1.807) is 6.07 Å². The molecule has 0 aliphatic rings. The Hall–Kier alpha value is -1.02. The molecule has 0 spiro atoms. The number of hydrogen-bond donors (Lipinski definition) is 2. The minimum atomic E-state index is 0.106. The molecule has 0 saturated carbocycles. The van der Waals surface area contributed by atoms with Crippen molar-refractivity contribution in [3.63, 3.8) is 0 Å². The standard InChI is InChI=1S/C12H19NO/c1-3-4-5-11(13)10-6-7-12(14)9(2)8-10/h6-8,11,14H,3-5,13H2,1-2H3/t11-/m0/s1. The van der Waals surface area contributed by atoms with E-state index in [-0.39, 0.29) is 6.04 Å². The molecule has 0 heterocycles. The van der Waals surface area contributed by atoms with Crippen LogP contribution in [0.1, 0.15) is 43.4 Å². The third-order valence-corrected chi connectivity index (χ3v) is 2.52. The molecule has 1 atom stereocenters. The van der Waals surface area contributed by atoms with Crippen LogP contribution in [0.15, 0.2) is 18.2 Å². The van der Waals surface area contributed by atoms with E-state index in [0.717, 1.165) is 24.0 Å². The lowest BCUT2D eigenvalue weighted by molar-refractivity contribution is 0.470. The zero-order valence-corrected chi connectivity index (χ0v) is 8.96. The molecule has 0 unspecified atom stereocenters. The van der Waals surface area contributed by atoms with Gasteiger partial charge in [-0.2, -0.15) is 0 Å². The van der Waals surface area contributed by atoms with Gasteiger partial charge < -0.3 is 10.8 Å². The fourth-order valence-corrected chi connectivity index (χ4v) is 1.50. The second kappa shape index (κ2) is 5.01. The largest absolute Gasteiger partial charge is 0.508 e. The van der Waals surface area contributed by atoms with Gasteiger partial charge >= 0.3 is 0 Å². The lowest BCUT2D eigenvalue weighted by atomic mass is 10.00. The van der Waals surface area contributed by atoms with Gasteiger partial charge in [-0.3, -0.25) is 0 Å². The lowest BCUT2D eigenvalue weighted by Crippen LogP contribution is -2.09. The highest BCUT2D eigenvalue weighted by molar-refractivity contribution is 5.36. The quantitative estimate of drug-likeness (QED) is 0.772. The van der Waals surface area contributed by atoms with Gasteiger partial charge in [0.25, 0.3) is 0 Å². The predicted octanol–water partition coefficient (Wildman–Crippen LogP) is 2.89. The highest BCUT2D eigenvalue weighted by atomic mass is 16.3. The van der Waals surface area contributed by atoms with Crippen molar-refractivity contribution >= 4 is 0 Å². The van der Waals surface area contributed by atoms with Crippen LogP contribution in [-0.2, 0) is 0 Å². The maximum atomic E-state index is 9.36. The van der Waals surface area contributed by atoms with Gasteiger partial charge in [-0.15, -0.1) is 0 Å². The predicted molar refractivity (Wildman–Crippen MR) is 59.3 cm³/mol. The molecule has 1 aromatic rings. The summed E-state index contributed by atoms with van der Waals surface area (Å²) in [6.45, 7) is 4.06. The molecule has 0 aliphatic heterocycles. The van der Waals surface area contributed by atoms with Gasteiger partial charge in [0.15, 0.2) is 0 Å². The first-order valence-corrected chi connectivity index (χ1v) is 5.20. The molecule has 0 fully saturated rings. The topological polar surface area (TPSA) is 46.2 Å². The van der Waals surface area contributed by atoms with Crippen molar-refractivity contribution in [3.8, 4) is 5.75 Å². The third-order valence-electron chi connectivity index (χ3n) is 2.52. The summed E-state index contributed by atoms with van der Waals surface area (Å²) >= 11 is 0. The molecule has 1 aromatic carbocycles. The van der Waals surface area contributed by atoms with Crippen molar-refractivity contribution < 1.29 is 5.11 Å². The van der Waals surface area contributed by atoms with E-state index in [9.17, 15) is 5.11 Å². The van der Waals surface area contributed by atoms with E-state index in [1.807, 2.05) is 19.1 Å². The summed E-state index contributed by atoms with van der Waals surface area (Å²) < 4.78 is 0. The van der Waals surface area contributed by atoms with Gasteiger partial charge in [0.1, 0.15) is 5.75 Å². The van der Waals surface area contributed by atoms with Gasteiger partial charge in [-0.25, -0.2) is 0 Å². The normalized spacial score (nSPS) is 12.8. The van der Waals surface area contributed by atoms with Crippen molar-refractivity contribution in [1.82, 2.24) is 0 Å². The van der Waals surface area contributed by atoms with Gasteiger partial charge in [0.2, 0.25) is 0 Å². The summed E-state index contributed by atoms with van der Waals surface area (Å²) in [5.74, 6) is 0.344. The molecule has 0 aromatic heterocycles. The van der Waals surface area contributed by atoms with E-state index >= 15 is 0 Å². The average Bonchev–Trinajstić information content (AvgIpc) is 2.18. The van der Waals surface area contributed by atoms with Crippen LogP contribution in [0.25, 0.3) is 0 Å². The molecule has 3 N–H and O–H groups in total. The van der Waals surface area contributed by atoms with Crippen molar-refractivity contribution in [1.29, 1.82) is 0 Å². The first-order valence-electron chi connectivity index (χ1n) is 5.20. The minimum Gasteiger partial charge on any atom is -0.508 e. The molecule has 0 aliphatic carbocycles. The second-order valence-corrected chi connectivity index (χ2v) is 3.79. The number of hydrogen-bond acceptors (Lipinski definition) is 2. The van der Waals surface area contributed by atoms with Gasteiger partial charge in [-0.1, -0.05) is 31.9 Å². The molecule has 0 saturated heterocycles. The number of aromatic hydroxyl groups is 1. The number of rotatable bonds is 4. The average molecular weight is 193 g/mol. The SMILES string of the molecule is CCCC[C@H](N)c1ccc(O)c(C)c1. The van der Waals surface area contributed by atoms with Gasteiger partial charge in [0, 0.05) is 6.04 Å². The minimum absolute atomic E-state index is 0.106. The van der Waals surface area contributed by atoms with Crippen molar-refractivity contribution in [2.45, 2.75) is 39.2 Å². The van der Waals surface area contributed by atoms with E-state index in [1.165, 1.54) is 6.42 Å². The molecular weight excluding hydrogens is 174 g/mol. The molecular formula is C12H19NO. The highest BCUT2D eigenvalue weighted by Crippen LogP contribution is 2.22. The number of unbranched alkanes of at least 4 members (excludes halogenated alkanes) is 1. The van der Waals surface area contributed by atoms with E-state index in [0.29, 0.717) is 5.75 Å². The molecule has 14 heavy (non-hydrogen) atoms. The summed E-state index contributed by atoms with van der Waals surface area (Å²) in [7, 11) is 0. The monoisotopic (exact) mass is 193 g/mol. The fraction of sp³-hybridized carbons (Fsp3) is 0.500. The molecule has 2 nitrogen and oxygen atoms in total. The maximum Gasteiger partial charge on any atom is 0.118 e. The summed E-state index contributed by atoms with van der Waals surface area (Å²) in [5, 5.41) is 9.36. The second-order valence-electron chi connectivity index (χ2n) is 3.79. The summed E-state index contributed by atoms with van der Waals surface area (Å²) in [6, 6.07) is 5.70. The first-order chi connectivity index (χ1) is 6.65. The Bertz CT molecular complexity index is 296. The molecule has 1 rings (SSSR count). The number of nitrogens with two attached hydrogens (primary N) is 1. The molecule has 0 bridgehead atoms. The van der Waals surface area contributed by atoms with E-state index < -0.39 is 0 Å². The third kappa shape index (κ3) is 2.74. The fourth-order valence-electron chi connectivity index (χ4n) is 1.50. The lowest BCUT2D eigenvalue weighted by Gasteiger charge is -2.12. The van der Waals surface area contributed by atoms with Gasteiger partial charge in [-0.05, 0) is 30.5 Å². The van der Waals surface area contributed by atoms with Gasteiger partial charge in [0.05, 0.1) is 0 Å². The highest BCUT2D eigenvalue weighted by Gasteiger charge is 2.06. The Kier molecular flexibility index (Phi) is 3.96. The summed E-state index contributed by atoms with van der Waals surface area (Å²) in [5.41, 5.74) is 8.04. The Balaban J connectivity index is 2.70. The molecule has 78 valence electrons. The number of phenols is 1. The van der Waals surface area contributed by atoms with Crippen LogP contribution in [0.2, 0.25) is 0 Å². The van der Waals surface area contributed by atoms with Crippen LogP contribution in [-0.4, -0.2) is 5.11 Å². The maximum absolute atomic E-state index is 9.36. The number of benzene rings is 1. The summed E-state index contributed by atoms with van der Waals surface area (Å²) in [6.07, 6.45) is 3.34.